The van der Waals surface area contributed by atoms with Crippen LogP contribution in [0.25, 0.3) is 0 Å². The monoisotopic (exact) mass is 651 g/mol. The molecule has 0 saturated heterocycles. The zero-order valence-corrected chi connectivity index (χ0v) is 29.0. The number of rotatable bonds is 10. The molecule has 4 aromatic rings. The summed E-state index contributed by atoms with van der Waals surface area (Å²) in [7, 11) is 3.85. The van der Waals surface area contributed by atoms with Crippen LogP contribution < -0.4 is 29.6 Å². The first-order valence-electron chi connectivity index (χ1n) is 12.7. The second-order valence-corrected chi connectivity index (χ2v) is 11.2. The van der Waals surface area contributed by atoms with Crippen LogP contribution in [0, 0.1) is 0 Å². The van der Waals surface area contributed by atoms with E-state index in [1.165, 1.54) is 0 Å². The molecule has 10 heteroatoms. The van der Waals surface area contributed by atoms with Gasteiger partial charge in [0.15, 0.2) is 5.78 Å². The van der Waals surface area contributed by atoms with Crippen LogP contribution in [0.1, 0.15) is 34.6 Å². The van der Waals surface area contributed by atoms with Crippen molar-refractivity contribution in [3.05, 3.63) is 139 Å². The maximum atomic E-state index is 12.1. The Morgan fingerprint density at radius 3 is 1.67 bits per heavy atom. The number of likely N-dealkylation sites (N-methyl/N-ethyl adjacent to an activating group) is 2. The van der Waals surface area contributed by atoms with Gasteiger partial charge in [-0.3, -0.25) is 14.6 Å². The molecule has 0 amide bonds. The number of hydrogen-bond donors (Lipinski definition) is 1. The molecule has 4 rings (SSSR count). The number of Topliss-reactive ketones (excluding diaryl/α,β-unsaturated/α-hetero) is 1. The quantitative estimate of drug-likeness (QED) is 0.189. The summed E-state index contributed by atoms with van der Waals surface area (Å²) in [6.07, 6.45) is -0.507. The molecule has 1 atom stereocenters. The van der Waals surface area contributed by atoms with Crippen LogP contribution in [0.5, 0.6) is 0 Å². The smallest absolute Gasteiger partial charge is 1.00 e. The van der Waals surface area contributed by atoms with Crippen LogP contribution in [0.3, 0.4) is 0 Å². The number of carbonyl (C=O) groups excluding carboxylic acids is 1. The number of carbonyl (C=O) groups is 1. The van der Waals surface area contributed by atoms with E-state index in [4.69, 9.17) is 46.4 Å². The van der Waals surface area contributed by atoms with E-state index in [9.17, 15) is 9.90 Å². The first-order valence-corrected chi connectivity index (χ1v) is 14.2. The molecule has 0 heterocycles. The van der Waals surface area contributed by atoms with E-state index in [-0.39, 0.29) is 45.2 Å². The number of halogens is 4. The predicted molar refractivity (Wildman–Crippen MR) is 175 cm³/mol. The van der Waals surface area contributed by atoms with E-state index >= 15 is 0 Å². The summed E-state index contributed by atoms with van der Waals surface area (Å²) in [4.78, 5) is 16.1. The van der Waals surface area contributed by atoms with E-state index in [0.29, 0.717) is 46.3 Å². The van der Waals surface area contributed by atoms with Gasteiger partial charge in [-0.05, 0) is 55.1 Å². The summed E-state index contributed by atoms with van der Waals surface area (Å²) in [5, 5.41) is 12.7. The van der Waals surface area contributed by atoms with Crippen LogP contribution in [-0.4, -0.2) is 56.3 Å². The second kappa shape index (κ2) is 19.8. The summed E-state index contributed by atoms with van der Waals surface area (Å²) < 4.78 is 0. The summed E-state index contributed by atoms with van der Waals surface area (Å²) in [6, 6.07) is 29.8. The summed E-state index contributed by atoms with van der Waals surface area (Å²) in [5.74, 6) is 0.0955. The first kappa shape index (κ1) is 38.7. The third-order valence-corrected chi connectivity index (χ3v) is 7.26. The maximum absolute atomic E-state index is 12.1. The van der Waals surface area contributed by atoms with Gasteiger partial charge in [0.05, 0.1) is 12.6 Å². The number of hydrogen-bond acceptors (Lipinski definition) is 4. The Morgan fingerprint density at radius 2 is 1.19 bits per heavy atom. The molecule has 0 aromatic heterocycles. The molecule has 4 aromatic carbocycles. The Kier molecular flexibility index (Phi) is 18.3. The molecule has 0 aliphatic carbocycles. The minimum atomic E-state index is -0.507. The molecule has 42 heavy (non-hydrogen) atoms. The fraction of sp³-hybridized carbons (Fsp3) is 0.219. The van der Waals surface area contributed by atoms with Gasteiger partial charge >= 0.3 is 29.6 Å². The molecular formula is C32H33BCl4N2NaO2. The van der Waals surface area contributed by atoms with Gasteiger partial charge in [-0.2, -0.15) is 0 Å². The van der Waals surface area contributed by atoms with E-state index in [2.05, 4.69) is 0 Å². The minimum absolute atomic E-state index is 0. The van der Waals surface area contributed by atoms with Crippen molar-refractivity contribution in [2.75, 3.05) is 27.2 Å². The molecule has 215 valence electrons. The zero-order valence-electron chi connectivity index (χ0n) is 25.0. The third kappa shape index (κ3) is 13.1. The second-order valence-electron chi connectivity index (χ2n) is 9.56. The topological polar surface area (TPSA) is 43.8 Å². The van der Waals surface area contributed by atoms with Crippen LogP contribution in [0.2, 0.25) is 20.1 Å². The maximum Gasteiger partial charge on any atom is 1.00 e. The van der Waals surface area contributed by atoms with Crippen molar-refractivity contribution in [1.29, 1.82) is 0 Å². The summed E-state index contributed by atoms with van der Waals surface area (Å²) in [5.41, 5.74) is 3.60. The molecule has 1 N–H and O–H groups in total. The van der Waals surface area contributed by atoms with Crippen LogP contribution >= 0.6 is 46.4 Å². The minimum Gasteiger partial charge on any atom is -1.00 e. The van der Waals surface area contributed by atoms with Gasteiger partial charge in [-0.25, -0.2) is 0 Å². The molecule has 0 aliphatic rings. The van der Waals surface area contributed by atoms with Gasteiger partial charge in [-0.1, -0.05) is 119 Å². The first-order chi connectivity index (χ1) is 19.1. The van der Waals surface area contributed by atoms with Gasteiger partial charge in [0.25, 0.3) is 0 Å². The Bertz CT molecular complexity index is 1390. The van der Waals surface area contributed by atoms with E-state index in [1.54, 1.807) is 18.2 Å². The molecule has 0 aliphatic heterocycles. The van der Waals surface area contributed by atoms with Crippen molar-refractivity contribution in [3.8, 4) is 0 Å². The molecule has 0 spiro atoms. The number of nitrogens with zero attached hydrogens (tertiary/aromatic N) is 2. The van der Waals surface area contributed by atoms with Gasteiger partial charge < -0.3 is 6.53 Å². The molecule has 3 radical (unpaired) electrons. The van der Waals surface area contributed by atoms with E-state index in [1.807, 2.05) is 103 Å². The number of ketones is 1. The van der Waals surface area contributed by atoms with Crippen molar-refractivity contribution in [3.63, 3.8) is 0 Å². The molecule has 4 nitrogen and oxygen atoms in total. The predicted octanol–water partition coefficient (Wildman–Crippen LogP) is 5.20. The standard InChI is InChI=1S/C16H17Cl2NO.C16H15Cl2NO.B.Na.H/c2*1-19(10-13-7-8-14(17)9-15(13)18)11-16(20)12-5-3-2-4-6-12;;;/h2-9,16,20H,10-11H2,1H3;2-9H,10-11H2,1H3;;;/q;;;+1;-1. The van der Waals surface area contributed by atoms with Crippen LogP contribution in [0.4, 0.5) is 0 Å². The molecule has 0 bridgehead atoms. The fourth-order valence-electron chi connectivity index (χ4n) is 4.04. The SMILES string of the molecule is CN(CC(=O)c1ccccc1)Cc1ccc(Cl)cc1Cl.CN(Cc1ccc(Cl)cc1Cl)CC(O)c1ccccc1.[B].[H-].[Na+]. The van der Waals surface area contributed by atoms with Crippen molar-refractivity contribution < 1.29 is 40.9 Å². The Morgan fingerprint density at radius 1 is 0.738 bits per heavy atom. The Labute approximate surface area is 294 Å². The Balaban J connectivity index is 0.000000767. The van der Waals surface area contributed by atoms with Gasteiger partial charge in [0.2, 0.25) is 0 Å². The fourth-order valence-corrected chi connectivity index (χ4v) is 4.97. The largest absolute Gasteiger partial charge is 1.00 e. The van der Waals surface area contributed by atoms with Crippen molar-refractivity contribution in [1.82, 2.24) is 9.80 Å². The van der Waals surface area contributed by atoms with Gasteiger partial charge in [-0.15, -0.1) is 0 Å². The molecule has 1 unspecified atom stereocenters. The average Bonchev–Trinajstić information content (AvgIpc) is 2.93. The van der Waals surface area contributed by atoms with E-state index in [0.717, 1.165) is 22.3 Å². The summed E-state index contributed by atoms with van der Waals surface area (Å²) >= 11 is 24.0. The third-order valence-electron chi connectivity index (χ3n) is 6.09. The summed E-state index contributed by atoms with van der Waals surface area (Å²) in [6.45, 7) is 2.17. The zero-order chi connectivity index (χ0) is 29.1. The molecule has 0 fully saturated rings. The Hall–Kier alpha value is -1.35. The number of benzene rings is 4. The average molecular weight is 653 g/mol. The van der Waals surface area contributed by atoms with E-state index < -0.39 is 6.10 Å². The van der Waals surface area contributed by atoms with Crippen molar-refractivity contribution >= 4 is 60.6 Å². The molecule has 0 saturated carbocycles. The number of aliphatic hydroxyl groups is 1. The van der Waals surface area contributed by atoms with Gasteiger partial charge in [0, 0.05) is 53.7 Å². The van der Waals surface area contributed by atoms with Gasteiger partial charge in [0.1, 0.15) is 0 Å². The van der Waals surface area contributed by atoms with Crippen molar-refractivity contribution in [2.45, 2.75) is 19.2 Å². The number of aliphatic hydroxyl groups excluding tert-OH is 1. The van der Waals surface area contributed by atoms with Crippen LogP contribution in [0.15, 0.2) is 97.1 Å². The normalized spacial score (nSPS) is 11.2. The van der Waals surface area contributed by atoms with Crippen LogP contribution in [-0.2, 0) is 13.1 Å². The molecular weight excluding hydrogens is 620 g/mol. The van der Waals surface area contributed by atoms with Crippen molar-refractivity contribution in [2.24, 2.45) is 0 Å².